The number of aromatic amines is 1. The van der Waals surface area contributed by atoms with Crippen LogP contribution in [0.2, 0.25) is 0 Å². The molecule has 0 aliphatic heterocycles. The Kier molecular flexibility index (Phi) is 4.87. The molecule has 8 heteroatoms. The van der Waals surface area contributed by atoms with Gasteiger partial charge >= 0.3 is 0 Å². The van der Waals surface area contributed by atoms with E-state index in [9.17, 15) is 9.18 Å². The lowest BCUT2D eigenvalue weighted by Crippen LogP contribution is -2.27. The molecule has 0 spiro atoms. The lowest BCUT2D eigenvalue weighted by Gasteiger charge is -2.13. The van der Waals surface area contributed by atoms with Crippen molar-refractivity contribution in [3.8, 4) is 5.69 Å². The molecular weight excluding hydrogens is 377 g/mol. The number of H-pyrrole nitrogens is 1. The van der Waals surface area contributed by atoms with Crippen molar-refractivity contribution >= 4 is 28.6 Å². The van der Waals surface area contributed by atoms with Crippen molar-refractivity contribution in [3.63, 3.8) is 0 Å². The SMILES string of the molecule is CSc1ccc([C@H](C)NC(=O)c2cncc3c2cnn3-c2ccc(F)cc2)[nH]1. The summed E-state index contributed by atoms with van der Waals surface area (Å²) in [6, 6.07) is 9.76. The summed E-state index contributed by atoms with van der Waals surface area (Å²) < 4.78 is 14.8. The number of hydrogen-bond donors (Lipinski definition) is 2. The van der Waals surface area contributed by atoms with Gasteiger partial charge in [0.25, 0.3) is 5.91 Å². The Labute approximate surface area is 165 Å². The summed E-state index contributed by atoms with van der Waals surface area (Å²) in [6.07, 6.45) is 6.79. The minimum atomic E-state index is -0.318. The van der Waals surface area contributed by atoms with Gasteiger partial charge in [0.1, 0.15) is 5.82 Å². The third-order valence-electron chi connectivity index (χ3n) is 4.53. The van der Waals surface area contributed by atoms with Crippen molar-refractivity contribution in [1.82, 2.24) is 25.1 Å². The van der Waals surface area contributed by atoms with Gasteiger partial charge in [0, 0.05) is 17.3 Å². The minimum absolute atomic E-state index is 0.184. The number of carbonyl (C=O) groups is 1. The lowest BCUT2D eigenvalue weighted by molar-refractivity contribution is 0.0940. The van der Waals surface area contributed by atoms with Crippen LogP contribution in [0.4, 0.5) is 4.39 Å². The number of halogens is 1. The first-order valence-electron chi connectivity index (χ1n) is 8.68. The second-order valence-electron chi connectivity index (χ2n) is 6.33. The Balaban J connectivity index is 1.63. The molecule has 28 heavy (non-hydrogen) atoms. The molecule has 0 bridgehead atoms. The molecule has 0 aliphatic carbocycles. The van der Waals surface area contributed by atoms with Crippen LogP contribution in [0.5, 0.6) is 0 Å². The van der Waals surface area contributed by atoms with Gasteiger partial charge in [-0.25, -0.2) is 9.07 Å². The molecule has 3 heterocycles. The summed E-state index contributed by atoms with van der Waals surface area (Å²) in [5.74, 6) is -0.550. The van der Waals surface area contributed by atoms with Crippen LogP contribution in [0.15, 0.2) is 60.0 Å². The van der Waals surface area contributed by atoms with Crippen molar-refractivity contribution in [1.29, 1.82) is 0 Å². The van der Waals surface area contributed by atoms with E-state index in [0.717, 1.165) is 10.7 Å². The number of carbonyl (C=O) groups excluding carboxylic acids is 1. The number of rotatable bonds is 5. The van der Waals surface area contributed by atoms with E-state index in [0.29, 0.717) is 22.2 Å². The van der Waals surface area contributed by atoms with Crippen LogP contribution in [0.1, 0.15) is 29.0 Å². The fourth-order valence-electron chi connectivity index (χ4n) is 3.03. The molecule has 0 aliphatic rings. The molecule has 0 radical (unpaired) electrons. The Bertz CT molecular complexity index is 1140. The van der Waals surface area contributed by atoms with Crippen molar-refractivity contribution in [3.05, 3.63) is 72.1 Å². The van der Waals surface area contributed by atoms with Crippen LogP contribution >= 0.6 is 11.8 Å². The second kappa shape index (κ2) is 7.47. The van der Waals surface area contributed by atoms with Gasteiger partial charge in [0.05, 0.1) is 40.2 Å². The number of aromatic nitrogens is 4. The second-order valence-corrected chi connectivity index (χ2v) is 7.18. The fraction of sp³-hybridized carbons (Fsp3) is 0.150. The Morgan fingerprint density at radius 3 is 2.68 bits per heavy atom. The number of pyridine rings is 1. The summed E-state index contributed by atoms with van der Waals surface area (Å²) >= 11 is 1.61. The summed E-state index contributed by atoms with van der Waals surface area (Å²) in [4.78, 5) is 20.3. The summed E-state index contributed by atoms with van der Waals surface area (Å²) in [5, 5.41) is 9.07. The predicted molar refractivity (Wildman–Crippen MR) is 107 cm³/mol. The average molecular weight is 395 g/mol. The zero-order chi connectivity index (χ0) is 19.7. The molecule has 4 rings (SSSR count). The van der Waals surface area contributed by atoms with Crippen molar-refractivity contribution < 1.29 is 9.18 Å². The fourth-order valence-corrected chi connectivity index (χ4v) is 3.45. The first-order valence-corrected chi connectivity index (χ1v) is 9.90. The van der Waals surface area contributed by atoms with Crippen LogP contribution in [0.25, 0.3) is 16.6 Å². The largest absolute Gasteiger partial charge is 0.352 e. The van der Waals surface area contributed by atoms with E-state index in [-0.39, 0.29) is 17.8 Å². The van der Waals surface area contributed by atoms with E-state index in [2.05, 4.69) is 20.4 Å². The number of thioether (sulfide) groups is 1. The molecule has 1 aromatic carbocycles. The van der Waals surface area contributed by atoms with Gasteiger partial charge in [0.15, 0.2) is 0 Å². The van der Waals surface area contributed by atoms with Crippen molar-refractivity contribution in [2.24, 2.45) is 0 Å². The summed E-state index contributed by atoms with van der Waals surface area (Å²) in [6.45, 7) is 1.92. The van der Waals surface area contributed by atoms with E-state index < -0.39 is 0 Å². The molecule has 4 aromatic rings. The molecule has 1 atom stereocenters. The normalized spacial score (nSPS) is 12.2. The minimum Gasteiger partial charge on any atom is -0.352 e. The zero-order valence-electron chi connectivity index (χ0n) is 15.3. The number of hydrogen-bond acceptors (Lipinski definition) is 4. The predicted octanol–water partition coefficient (Wildman–Crippen LogP) is 4.10. The third kappa shape index (κ3) is 3.38. The molecule has 0 fully saturated rings. The number of fused-ring (bicyclic) bond motifs is 1. The van der Waals surface area contributed by atoms with Gasteiger partial charge in [0.2, 0.25) is 0 Å². The van der Waals surface area contributed by atoms with Crippen LogP contribution in [0.3, 0.4) is 0 Å². The van der Waals surface area contributed by atoms with E-state index >= 15 is 0 Å². The summed E-state index contributed by atoms with van der Waals surface area (Å²) in [5.41, 5.74) is 2.74. The Hall–Kier alpha value is -3.13. The van der Waals surface area contributed by atoms with Gasteiger partial charge in [-0.2, -0.15) is 5.10 Å². The van der Waals surface area contributed by atoms with Gasteiger partial charge in [-0.1, -0.05) is 0 Å². The quantitative estimate of drug-likeness (QED) is 0.499. The molecule has 6 nitrogen and oxygen atoms in total. The number of amides is 1. The van der Waals surface area contributed by atoms with Crippen LogP contribution in [0, 0.1) is 5.82 Å². The van der Waals surface area contributed by atoms with Crippen molar-refractivity contribution in [2.45, 2.75) is 18.0 Å². The Morgan fingerprint density at radius 2 is 1.96 bits per heavy atom. The van der Waals surface area contributed by atoms with E-state index in [1.165, 1.54) is 18.3 Å². The highest BCUT2D eigenvalue weighted by Gasteiger charge is 2.18. The highest BCUT2D eigenvalue weighted by Crippen LogP contribution is 2.22. The highest BCUT2D eigenvalue weighted by atomic mass is 32.2. The number of nitrogens with zero attached hydrogens (tertiary/aromatic N) is 3. The molecule has 0 unspecified atom stereocenters. The summed E-state index contributed by atoms with van der Waals surface area (Å²) in [7, 11) is 0. The standard InChI is InChI=1S/C20H18FN5OS/c1-12(17-7-8-19(25-17)28-2)24-20(27)16-9-22-11-18-15(16)10-23-26(18)14-5-3-13(21)4-6-14/h3-12,25H,1-2H3,(H,24,27)/t12-/m0/s1. The molecule has 1 amide bonds. The van der Waals surface area contributed by atoms with E-state index in [1.54, 1.807) is 41.0 Å². The Morgan fingerprint density at radius 1 is 1.18 bits per heavy atom. The smallest absolute Gasteiger partial charge is 0.254 e. The van der Waals surface area contributed by atoms with E-state index in [1.807, 2.05) is 25.3 Å². The van der Waals surface area contributed by atoms with Crippen molar-refractivity contribution in [2.75, 3.05) is 6.26 Å². The topological polar surface area (TPSA) is 75.6 Å². The first kappa shape index (κ1) is 18.2. The highest BCUT2D eigenvalue weighted by molar-refractivity contribution is 7.98. The molecule has 3 aromatic heterocycles. The van der Waals surface area contributed by atoms with Gasteiger partial charge < -0.3 is 10.3 Å². The van der Waals surface area contributed by atoms with E-state index in [4.69, 9.17) is 0 Å². The number of benzene rings is 1. The first-order chi connectivity index (χ1) is 13.6. The van der Waals surface area contributed by atoms with Crippen LogP contribution < -0.4 is 5.32 Å². The average Bonchev–Trinajstić information content (AvgIpc) is 3.35. The molecule has 2 N–H and O–H groups in total. The van der Waals surface area contributed by atoms with Crippen LogP contribution in [-0.2, 0) is 0 Å². The molecular formula is C20H18FN5OS. The lowest BCUT2D eigenvalue weighted by atomic mass is 10.1. The monoisotopic (exact) mass is 395 g/mol. The maximum Gasteiger partial charge on any atom is 0.254 e. The molecule has 0 saturated carbocycles. The van der Waals surface area contributed by atoms with Gasteiger partial charge in [-0.05, 0) is 49.6 Å². The van der Waals surface area contributed by atoms with Gasteiger partial charge in [-0.15, -0.1) is 11.8 Å². The third-order valence-corrected chi connectivity index (χ3v) is 5.21. The van der Waals surface area contributed by atoms with Gasteiger partial charge in [-0.3, -0.25) is 9.78 Å². The molecule has 142 valence electrons. The molecule has 0 saturated heterocycles. The number of nitrogens with one attached hydrogen (secondary N) is 2. The maximum absolute atomic E-state index is 13.2. The zero-order valence-corrected chi connectivity index (χ0v) is 16.1. The van der Waals surface area contributed by atoms with Crippen LogP contribution in [-0.4, -0.2) is 31.9 Å². The maximum atomic E-state index is 13.2.